The van der Waals surface area contributed by atoms with Crippen LogP contribution in [0.2, 0.25) is 0 Å². The number of benzene rings is 2. The summed E-state index contributed by atoms with van der Waals surface area (Å²) >= 11 is 0. The average Bonchev–Trinajstić information content (AvgIpc) is 2.74. The van der Waals surface area contributed by atoms with Crippen molar-refractivity contribution in [2.24, 2.45) is 0 Å². The number of imide groups is 1. The van der Waals surface area contributed by atoms with Crippen LogP contribution in [0.4, 0.5) is 0 Å². The summed E-state index contributed by atoms with van der Waals surface area (Å²) in [7, 11) is 0. The van der Waals surface area contributed by atoms with Gasteiger partial charge in [0, 0.05) is 18.7 Å². The van der Waals surface area contributed by atoms with E-state index in [0.717, 1.165) is 10.5 Å². The Morgan fingerprint density at radius 1 is 1.03 bits per heavy atom. The smallest absolute Gasteiger partial charge is 0.326 e. The number of carbonyl (C=O) groups is 4. The Bertz CT molecular complexity index is 926. The highest BCUT2D eigenvalue weighted by Crippen LogP contribution is 2.19. The highest BCUT2D eigenvalue weighted by molar-refractivity contribution is 6.11. The van der Waals surface area contributed by atoms with Crippen molar-refractivity contribution in [1.82, 2.24) is 9.80 Å². The Labute approximate surface area is 168 Å². The Balaban J connectivity index is 1.54. The molecule has 7 nitrogen and oxygen atoms in total. The fraction of sp³-hybridized carbons (Fsp3) is 0.273. The van der Waals surface area contributed by atoms with Gasteiger partial charge in [-0.2, -0.15) is 0 Å². The van der Waals surface area contributed by atoms with E-state index in [-0.39, 0.29) is 12.3 Å². The molecule has 0 saturated carbocycles. The lowest BCUT2D eigenvalue weighted by Crippen LogP contribution is -2.45. The Morgan fingerprint density at radius 3 is 2.45 bits per heavy atom. The van der Waals surface area contributed by atoms with E-state index in [0.29, 0.717) is 24.2 Å². The van der Waals surface area contributed by atoms with Gasteiger partial charge in [0.1, 0.15) is 6.54 Å². The molecule has 150 valence electrons. The number of hydrogen-bond donors (Lipinski definition) is 0. The molecule has 0 unspecified atom stereocenters. The average molecular weight is 394 g/mol. The molecule has 3 rings (SSSR count). The van der Waals surface area contributed by atoms with Gasteiger partial charge in [0.15, 0.2) is 6.61 Å². The molecule has 1 heterocycles. The van der Waals surface area contributed by atoms with Crippen LogP contribution >= 0.6 is 0 Å². The molecule has 2 aromatic rings. The van der Waals surface area contributed by atoms with Gasteiger partial charge in [-0.3, -0.25) is 24.1 Å². The SMILES string of the molecule is CCN(Cc1ccccc1)C(=O)COC(=O)CN1C(=O)Cc2ccccc2C1=O. The van der Waals surface area contributed by atoms with Crippen LogP contribution < -0.4 is 0 Å². The summed E-state index contributed by atoms with van der Waals surface area (Å²) in [6.07, 6.45) is 0.0504. The number of rotatable bonds is 7. The monoisotopic (exact) mass is 394 g/mol. The normalized spacial score (nSPS) is 13.1. The molecule has 2 aromatic carbocycles. The van der Waals surface area contributed by atoms with Crippen molar-refractivity contribution in [3.05, 3.63) is 71.3 Å². The molecule has 0 spiro atoms. The van der Waals surface area contributed by atoms with Crippen LogP contribution in [0.25, 0.3) is 0 Å². The van der Waals surface area contributed by atoms with Crippen LogP contribution in [0, 0.1) is 0 Å². The van der Waals surface area contributed by atoms with Crippen LogP contribution in [-0.2, 0) is 32.1 Å². The third-order valence-electron chi connectivity index (χ3n) is 4.73. The molecular formula is C22H22N2O5. The predicted molar refractivity (Wildman–Crippen MR) is 105 cm³/mol. The van der Waals surface area contributed by atoms with Gasteiger partial charge in [-0.05, 0) is 24.1 Å². The van der Waals surface area contributed by atoms with Gasteiger partial charge >= 0.3 is 5.97 Å². The first-order valence-corrected chi connectivity index (χ1v) is 9.39. The topological polar surface area (TPSA) is 84.0 Å². The van der Waals surface area contributed by atoms with Gasteiger partial charge in [0.2, 0.25) is 5.91 Å². The first kappa shape index (κ1) is 20.3. The minimum Gasteiger partial charge on any atom is -0.454 e. The van der Waals surface area contributed by atoms with Crippen molar-refractivity contribution in [2.75, 3.05) is 19.7 Å². The quantitative estimate of drug-likeness (QED) is 0.528. The number of fused-ring (bicyclic) bond motifs is 1. The highest BCUT2D eigenvalue weighted by atomic mass is 16.5. The highest BCUT2D eigenvalue weighted by Gasteiger charge is 2.32. The second-order valence-corrected chi connectivity index (χ2v) is 6.67. The van der Waals surface area contributed by atoms with E-state index in [4.69, 9.17) is 4.74 Å². The first-order chi connectivity index (χ1) is 14.0. The standard InChI is InChI=1S/C22H22N2O5/c1-2-23(13-16-8-4-3-5-9-16)20(26)15-29-21(27)14-24-19(25)12-17-10-6-7-11-18(17)22(24)28/h3-11H,2,12-15H2,1H3. The van der Waals surface area contributed by atoms with Crippen LogP contribution in [-0.4, -0.2) is 53.2 Å². The molecule has 0 radical (unpaired) electrons. The Hall–Kier alpha value is -3.48. The molecule has 3 amide bonds. The van der Waals surface area contributed by atoms with E-state index in [1.165, 1.54) is 0 Å². The zero-order valence-corrected chi connectivity index (χ0v) is 16.2. The fourth-order valence-corrected chi connectivity index (χ4v) is 3.15. The van der Waals surface area contributed by atoms with E-state index in [9.17, 15) is 19.2 Å². The third-order valence-corrected chi connectivity index (χ3v) is 4.73. The summed E-state index contributed by atoms with van der Waals surface area (Å²) in [6, 6.07) is 16.3. The molecule has 0 saturated heterocycles. The van der Waals surface area contributed by atoms with Crippen LogP contribution in [0.5, 0.6) is 0 Å². The lowest BCUT2D eigenvalue weighted by Gasteiger charge is -2.26. The molecule has 0 aromatic heterocycles. The first-order valence-electron chi connectivity index (χ1n) is 9.39. The number of ether oxygens (including phenoxy) is 1. The molecule has 0 atom stereocenters. The summed E-state index contributed by atoms with van der Waals surface area (Å²) in [5.41, 5.74) is 2.01. The van der Waals surface area contributed by atoms with Crippen molar-refractivity contribution < 1.29 is 23.9 Å². The zero-order valence-electron chi connectivity index (χ0n) is 16.2. The van der Waals surface area contributed by atoms with Crippen molar-refractivity contribution in [3.63, 3.8) is 0 Å². The molecule has 1 aliphatic heterocycles. The van der Waals surface area contributed by atoms with Crippen LogP contribution in [0.1, 0.15) is 28.4 Å². The van der Waals surface area contributed by atoms with Crippen LogP contribution in [0.3, 0.4) is 0 Å². The molecule has 7 heteroatoms. The maximum Gasteiger partial charge on any atom is 0.326 e. The molecule has 0 N–H and O–H groups in total. The van der Waals surface area contributed by atoms with Gasteiger partial charge in [-0.25, -0.2) is 0 Å². The molecular weight excluding hydrogens is 372 g/mol. The van der Waals surface area contributed by atoms with Crippen molar-refractivity contribution in [3.8, 4) is 0 Å². The van der Waals surface area contributed by atoms with Gasteiger partial charge in [0.25, 0.3) is 11.8 Å². The largest absolute Gasteiger partial charge is 0.454 e. The number of hydrogen-bond acceptors (Lipinski definition) is 5. The van der Waals surface area contributed by atoms with Gasteiger partial charge < -0.3 is 9.64 Å². The summed E-state index contributed by atoms with van der Waals surface area (Å²) in [6.45, 7) is 1.76. The molecule has 0 fully saturated rings. The third kappa shape index (κ3) is 4.87. The second kappa shape index (κ2) is 9.14. The lowest BCUT2D eigenvalue weighted by atomic mass is 9.98. The van der Waals surface area contributed by atoms with E-state index < -0.39 is 30.9 Å². The number of likely N-dealkylation sites (N-methyl/N-ethyl adjacent to an activating group) is 1. The predicted octanol–water partition coefficient (Wildman–Crippen LogP) is 1.80. The minimum atomic E-state index is -0.796. The van der Waals surface area contributed by atoms with E-state index in [1.54, 1.807) is 29.2 Å². The summed E-state index contributed by atoms with van der Waals surface area (Å²) in [5, 5.41) is 0. The molecule has 1 aliphatic rings. The van der Waals surface area contributed by atoms with Crippen molar-refractivity contribution in [1.29, 1.82) is 0 Å². The van der Waals surface area contributed by atoms with Gasteiger partial charge in [-0.15, -0.1) is 0 Å². The number of carbonyl (C=O) groups excluding carboxylic acids is 4. The van der Waals surface area contributed by atoms with Crippen LogP contribution in [0.15, 0.2) is 54.6 Å². The van der Waals surface area contributed by atoms with Gasteiger partial charge in [0.05, 0.1) is 6.42 Å². The fourth-order valence-electron chi connectivity index (χ4n) is 3.15. The van der Waals surface area contributed by atoms with Crippen molar-refractivity contribution in [2.45, 2.75) is 19.9 Å². The number of nitrogens with zero attached hydrogens (tertiary/aromatic N) is 2. The summed E-state index contributed by atoms with van der Waals surface area (Å²) in [4.78, 5) is 51.7. The summed E-state index contributed by atoms with van der Waals surface area (Å²) in [5.74, 6) is -2.13. The second-order valence-electron chi connectivity index (χ2n) is 6.67. The lowest BCUT2D eigenvalue weighted by molar-refractivity contribution is -0.154. The molecule has 0 aliphatic carbocycles. The minimum absolute atomic E-state index is 0.0504. The van der Waals surface area contributed by atoms with Crippen molar-refractivity contribution >= 4 is 23.7 Å². The molecule has 29 heavy (non-hydrogen) atoms. The van der Waals surface area contributed by atoms with Gasteiger partial charge in [-0.1, -0.05) is 48.5 Å². The summed E-state index contributed by atoms with van der Waals surface area (Å²) < 4.78 is 5.04. The van der Waals surface area contributed by atoms with E-state index >= 15 is 0 Å². The molecule has 0 bridgehead atoms. The maximum absolute atomic E-state index is 12.5. The van der Waals surface area contributed by atoms with E-state index in [1.807, 2.05) is 37.3 Å². The Kier molecular flexibility index (Phi) is 6.39. The number of esters is 1. The Morgan fingerprint density at radius 2 is 1.72 bits per heavy atom. The zero-order chi connectivity index (χ0) is 20.8. The maximum atomic E-state index is 12.5. The van der Waals surface area contributed by atoms with E-state index in [2.05, 4.69) is 0 Å². The number of amides is 3.